The Hall–Kier alpha value is -2.34. The average Bonchev–Trinajstić information content (AvgIpc) is 2.61. The predicted molar refractivity (Wildman–Crippen MR) is 105 cm³/mol. The van der Waals surface area contributed by atoms with Crippen molar-refractivity contribution in [1.29, 1.82) is 0 Å². The van der Waals surface area contributed by atoms with E-state index < -0.39 is 10.0 Å². The third kappa shape index (κ3) is 3.60. The number of hydrogen-bond donors (Lipinski definition) is 0. The molecular formula is C20H24N2O3S. The number of fused-ring (bicyclic) bond motifs is 1. The highest BCUT2D eigenvalue weighted by atomic mass is 32.2. The van der Waals surface area contributed by atoms with Gasteiger partial charge in [0.15, 0.2) is 0 Å². The second-order valence-electron chi connectivity index (χ2n) is 6.77. The van der Waals surface area contributed by atoms with Crippen LogP contribution in [0.1, 0.15) is 23.1 Å². The number of benzene rings is 2. The number of nitrogens with zero attached hydrogens (tertiary/aromatic N) is 2. The van der Waals surface area contributed by atoms with Crippen LogP contribution < -0.4 is 9.21 Å². The summed E-state index contributed by atoms with van der Waals surface area (Å²) in [6, 6.07) is 13.3. The molecule has 5 nitrogen and oxygen atoms in total. The second-order valence-corrected chi connectivity index (χ2v) is 8.67. The highest BCUT2D eigenvalue weighted by Gasteiger charge is 2.28. The van der Waals surface area contributed by atoms with Gasteiger partial charge in [-0.15, -0.1) is 0 Å². The number of sulfonamides is 1. The summed E-state index contributed by atoms with van der Waals surface area (Å²) in [5.74, 6) is -0.205. The Bertz CT molecular complexity index is 938. The fraction of sp³-hybridized carbons (Fsp3) is 0.350. The van der Waals surface area contributed by atoms with Crippen molar-refractivity contribution < 1.29 is 13.2 Å². The molecule has 0 bridgehead atoms. The molecule has 138 valence electrons. The van der Waals surface area contributed by atoms with Crippen molar-refractivity contribution in [3.8, 4) is 0 Å². The Morgan fingerprint density at radius 3 is 2.58 bits per heavy atom. The molecule has 0 unspecified atom stereocenters. The van der Waals surface area contributed by atoms with Gasteiger partial charge >= 0.3 is 0 Å². The van der Waals surface area contributed by atoms with E-state index in [2.05, 4.69) is 0 Å². The molecule has 6 heteroatoms. The maximum absolute atomic E-state index is 13.0. The number of anilines is 2. The molecule has 2 aromatic rings. The van der Waals surface area contributed by atoms with E-state index >= 15 is 0 Å². The minimum atomic E-state index is -3.58. The normalized spacial score (nSPS) is 14.0. The third-order valence-electron chi connectivity index (χ3n) is 4.94. The van der Waals surface area contributed by atoms with E-state index in [1.807, 2.05) is 50.2 Å². The van der Waals surface area contributed by atoms with Crippen molar-refractivity contribution in [1.82, 2.24) is 0 Å². The summed E-state index contributed by atoms with van der Waals surface area (Å²) in [6.07, 6.45) is 2.96. The van der Waals surface area contributed by atoms with Crippen LogP contribution in [0.5, 0.6) is 0 Å². The molecule has 0 aliphatic carbocycles. The van der Waals surface area contributed by atoms with Crippen LogP contribution in [0.3, 0.4) is 0 Å². The van der Waals surface area contributed by atoms with Crippen LogP contribution in [0, 0.1) is 13.8 Å². The summed E-state index contributed by atoms with van der Waals surface area (Å²) in [7, 11) is -3.58. The number of amides is 1. The fourth-order valence-electron chi connectivity index (χ4n) is 3.39. The minimum Gasteiger partial charge on any atom is -0.311 e. The lowest BCUT2D eigenvalue weighted by atomic mass is 10.0. The first-order valence-corrected chi connectivity index (χ1v) is 10.6. The smallest absolute Gasteiger partial charge is 0.247 e. The van der Waals surface area contributed by atoms with Gasteiger partial charge in [-0.2, -0.15) is 0 Å². The van der Waals surface area contributed by atoms with Crippen LogP contribution in [0.4, 0.5) is 11.4 Å². The summed E-state index contributed by atoms with van der Waals surface area (Å²) in [6.45, 7) is 4.23. The molecule has 1 heterocycles. The quantitative estimate of drug-likeness (QED) is 0.829. The van der Waals surface area contributed by atoms with Crippen LogP contribution in [0.15, 0.2) is 42.5 Å². The van der Waals surface area contributed by atoms with Gasteiger partial charge in [-0.3, -0.25) is 9.10 Å². The molecule has 0 aromatic heterocycles. The number of carbonyl (C=O) groups excluding carboxylic acids is 1. The van der Waals surface area contributed by atoms with E-state index in [1.54, 1.807) is 11.0 Å². The average molecular weight is 372 g/mol. The molecule has 0 N–H and O–H groups in total. The Labute approximate surface area is 155 Å². The first kappa shape index (κ1) is 18.5. The van der Waals surface area contributed by atoms with E-state index in [0.717, 1.165) is 41.5 Å². The first-order chi connectivity index (χ1) is 12.3. The molecule has 2 aromatic carbocycles. The van der Waals surface area contributed by atoms with Crippen molar-refractivity contribution >= 4 is 27.3 Å². The van der Waals surface area contributed by atoms with Gasteiger partial charge in [0.1, 0.15) is 6.54 Å². The van der Waals surface area contributed by atoms with Gasteiger partial charge in [0, 0.05) is 12.2 Å². The Kier molecular flexibility index (Phi) is 5.05. The molecule has 0 spiro atoms. The maximum atomic E-state index is 13.0. The monoisotopic (exact) mass is 372 g/mol. The van der Waals surface area contributed by atoms with Crippen LogP contribution in [-0.4, -0.2) is 33.7 Å². The summed E-state index contributed by atoms with van der Waals surface area (Å²) in [5.41, 5.74) is 4.44. The molecule has 0 radical (unpaired) electrons. The second kappa shape index (κ2) is 7.11. The minimum absolute atomic E-state index is 0.197. The van der Waals surface area contributed by atoms with Gasteiger partial charge in [0.25, 0.3) is 0 Å². The Balaban J connectivity index is 1.94. The van der Waals surface area contributed by atoms with Gasteiger partial charge in [0.2, 0.25) is 15.9 Å². The summed E-state index contributed by atoms with van der Waals surface area (Å²) < 4.78 is 26.0. The lowest BCUT2D eigenvalue weighted by Gasteiger charge is -2.32. The number of rotatable bonds is 4. The highest BCUT2D eigenvalue weighted by Crippen LogP contribution is 2.29. The standard InChI is InChI=1S/C20H24N2O3S/c1-15-8-6-12-18(16(15)2)22(26(3,24)25)14-20(23)21-13-7-10-17-9-4-5-11-19(17)21/h4-6,8-9,11-12H,7,10,13-14H2,1-3H3. The zero-order chi connectivity index (χ0) is 18.9. The van der Waals surface area contributed by atoms with Crippen molar-refractivity contribution in [3.05, 3.63) is 59.2 Å². The van der Waals surface area contributed by atoms with Crippen molar-refractivity contribution in [3.63, 3.8) is 0 Å². The van der Waals surface area contributed by atoms with E-state index in [1.165, 1.54) is 4.31 Å². The lowest BCUT2D eigenvalue weighted by Crippen LogP contribution is -2.44. The van der Waals surface area contributed by atoms with Gasteiger partial charge in [-0.25, -0.2) is 8.42 Å². The van der Waals surface area contributed by atoms with Crippen LogP contribution in [0.2, 0.25) is 0 Å². The van der Waals surface area contributed by atoms with Gasteiger partial charge in [-0.1, -0.05) is 30.3 Å². The van der Waals surface area contributed by atoms with Crippen molar-refractivity contribution in [2.45, 2.75) is 26.7 Å². The molecule has 1 amide bonds. The van der Waals surface area contributed by atoms with E-state index in [4.69, 9.17) is 0 Å². The summed E-state index contributed by atoms with van der Waals surface area (Å²) >= 11 is 0. The van der Waals surface area contributed by atoms with E-state index in [-0.39, 0.29) is 12.5 Å². The van der Waals surface area contributed by atoms with Gasteiger partial charge in [0.05, 0.1) is 11.9 Å². The van der Waals surface area contributed by atoms with Gasteiger partial charge in [-0.05, 0) is 55.5 Å². The topological polar surface area (TPSA) is 57.7 Å². The molecule has 1 aliphatic rings. The van der Waals surface area contributed by atoms with E-state index in [0.29, 0.717) is 12.2 Å². The first-order valence-electron chi connectivity index (χ1n) is 8.71. The SMILES string of the molecule is Cc1cccc(N(CC(=O)N2CCCc3ccccc32)S(C)(=O)=O)c1C. The largest absolute Gasteiger partial charge is 0.311 e. The lowest BCUT2D eigenvalue weighted by molar-refractivity contribution is -0.117. The Morgan fingerprint density at radius 1 is 1.12 bits per heavy atom. The summed E-state index contributed by atoms with van der Waals surface area (Å²) in [5, 5.41) is 0. The van der Waals surface area contributed by atoms with Gasteiger partial charge < -0.3 is 4.90 Å². The van der Waals surface area contributed by atoms with Crippen molar-refractivity contribution in [2.24, 2.45) is 0 Å². The summed E-state index contributed by atoms with van der Waals surface area (Å²) in [4.78, 5) is 14.7. The van der Waals surface area contributed by atoms with Crippen LogP contribution in [-0.2, 0) is 21.2 Å². The fourth-order valence-corrected chi connectivity index (χ4v) is 4.29. The molecule has 0 saturated heterocycles. The molecule has 0 atom stereocenters. The third-order valence-corrected chi connectivity index (χ3v) is 6.06. The predicted octanol–water partition coefficient (Wildman–Crippen LogP) is 3.05. The molecule has 3 rings (SSSR count). The molecule has 0 fully saturated rings. The zero-order valence-corrected chi connectivity index (χ0v) is 16.2. The van der Waals surface area contributed by atoms with Crippen LogP contribution in [0.25, 0.3) is 0 Å². The number of hydrogen-bond acceptors (Lipinski definition) is 3. The maximum Gasteiger partial charge on any atom is 0.247 e. The van der Waals surface area contributed by atoms with Crippen LogP contribution >= 0.6 is 0 Å². The molecular weight excluding hydrogens is 348 g/mol. The molecule has 1 aliphatic heterocycles. The molecule has 0 saturated carbocycles. The van der Waals surface area contributed by atoms with Crippen molar-refractivity contribution in [2.75, 3.05) is 28.6 Å². The number of carbonyl (C=O) groups is 1. The highest BCUT2D eigenvalue weighted by molar-refractivity contribution is 7.92. The molecule has 26 heavy (non-hydrogen) atoms. The van der Waals surface area contributed by atoms with E-state index in [9.17, 15) is 13.2 Å². The zero-order valence-electron chi connectivity index (χ0n) is 15.4. The number of para-hydroxylation sites is 1. The Morgan fingerprint density at radius 2 is 1.85 bits per heavy atom. The number of aryl methyl sites for hydroxylation is 2.